The Hall–Kier alpha value is -1.57. The van der Waals surface area contributed by atoms with Crippen LogP contribution in [-0.2, 0) is 11.2 Å². The summed E-state index contributed by atoms with van der Waals surface area (Å²) in [5.74, 6) is 0.200. The van der Waals surface area contributed by atoms with Gasteiger partial charge in [-0.3, -0.25) is 4.79 Å². The van der Waals surface area contributed by atoms with Crippen LogP contribution in [0.3, 0.4) is 0 Å². The number of amides is 1. The van der Waals surface area contributed by atoms with Crippen molar-refractivity contribution >= 4 is 5.91 Å². The van der Waals surface area contributed by atoms with E-state index in [1.54, 1.807) is 0 Å². The Labute approximate surface area is 180 Å². The van der Waals surface area contributed by atoms with Crippen LogP contribution in [0.5, 0.6) is 0 Å². The molecule has 1 aromatic rings. The third-order valence-electron chi connectivity index (χ3n) is 5.46. The molecule has 29 heavy (non-hydrogen) atoms. The van der Waals surface area contributed by atoms with Crippen molar-refractivity contribution in [3.05, 3.63) is 48.0 Å². The molecule has 1 rings (SSSR count). The Morgan fingerprint density at radius 2 is 1.38 bits per heavy atom. The van der Waals surface area contributed by atoms with Gasteiger partial charge in [-0.2, -0.15) is 0 Å². The van der Waals surface area contributed by atoms with Gasteiger partial charge in [-0.1, -0.05) is 101 Å². The molecule has 0 aliphatic carbocycles. The Morgan fingerprint density at radius 1 is 0.828 bits per heavy atom. The molecule has 2 heteroatoms. The fourth-order valence-corrected chi connectivity index (χ4v) is 3.72. The Balaban J connectivity index is 1.87. The van der Waals surface area contributed by atoms with E-state index >= 15 is 0 Å². The molecule has 0 fully saturated rings. The molecule has 0 spiro atoms. The van der Waals surface area contributed by atoms with Gasteiger partial charge in [0, 0.05) is 12.5 Å². The zero-order valence-electron chi connectivity index (χ0n) is 19.1. The van der Waals surface area contributed by atoms with E-state index in [1.807, 2.05) is 6.07 Å². The van der Waals surface area contributed by atoms with Crippen LogP contribution >= 0.6 is 0 Å². The molecule has 0 aliphatic heterocycles. The van der Waals surface area contributed by atoms with Crippen LogP contribution in [0.4, 0.5) is 0 Å². The zero-order chi connectivity index (χ0) is 21.0. The number of unbranched alkanes of at least 4 members (excludes halogenated alkanes) is 11. The lowest BCUT2D eigenvalue weighted by Gasteiger charge is -2.14. The van der Waals surface area contributed by atoms with Crippen LogP contribution in [0.2, 0.25) is 0 Å². The molecule has 0 saturated carbocycles. The summed E-state index contributed by atoms with van der Waals surface area (Å²) in [6.45, 7) is 4.36. The minimum atomic E-state index is 0.200. The minimum absolute atomic E-state index is 0.200. The molecule has 1 aromatic carbocycles. The average Bonchev–Trinajstić information content (AvgIpc) is 2.71. The van der Waals surface area contributed by atoms with Crippen molar-refractivity contribution in [3.8, 4) is 0 Å². The maximum Gasteiger partial charge on any atom is 0.220 e. The molecule has 0 unspecified atom stereocenters. The van der Waals surface area contributed by atoms with Crippen LogP contribution < -0.4 is 5.32 Å². The lowest BCUT2D eigenvalue weighted by atomic mass is 10.1. The van der Waals surface area contributed by atoms with E-state index in [2.05, 4.69) is 55.6 Å². The van der Waals surface area contributed by atoms with Crippen LogP contribution in [0.15, 0.2) is 42.5 Å². The first-order valence-electron chi connectivity index (χ1n) is 12.2. The summed E-state index contributed by atoms with van der Waals surface area (Å²) in [4.78, 5) is 12.1. The number of benzene rings is 1. The van der Waals surface area contributed by atoms with E-state index in [-0.39, 0.29) is 11.9 Å². The molecule has 0 saturated heterocycles. The fourth-order valence-electron chi connectivity index (χ4n) is 3.72. The maximum absolute atomic E-state index is 12.1. The first-order valence-corrected chi connectivity index (χ1v) is 12.2. The van der Waals surface area contributed by atoms with Crippen molar-refractivity contribution in [2.75, 3.05) is 0 Å². The number of hydrogen-bond donors (Lipinski definition) is 1. The Kier molecular flexibility index (Phi) is 16.2. The molecule has 0 radical (unpaired) electrons. The van der Waals surface area contributed by atoms with Crippen LogP contribution in [0.1, 0.15) is 109 Å². The van der Waals surface area contributed by atoms with Crippen molar-refractivity contribution in [1.82, 2.24) is 5.32 Å². The smallest absolute Gasteiger partial charge is 0.220 e. The third kappa shape index (κ3) is 16.0. The standard InChI is InChI=1S/C27H45NO/c1-3-4-5-6-7-8-9-10-11-12-13-14-15-16-20-23-27(29)28-25(2)24-26-21-18-17-19-22-26/h10-11,17-19,21-22,25H,3-9,12-16,20,23-24H2,1-2H3,(H,28,29)/b11-10-/t25-/m1/s1. The molecular formula is C27H45NO. The minimum Gasteiger partial charge on any atom is -0.353 e. The number of rotatable bonds is 18. The summed E-state index contributed by atoms with van der Waals surface area (Å²) in [5.41, 5.74) is 1.28. The van der Waals surface area contributed by atoms with Gasteiger partial charge in [-0.25, -0.2) is 0 Å². The molecule has 0 heterocycles. The van der Waals surface area contributed by atoms with E-state index < -0.39 is 0 Å². The van der Waals surface area contributed by atoms with Crippen molar-refractivity contribution in [2.45, 2.75) is 116 Å². The summed E-state index contributed by atoms with van der Waals surface area (Å²) < 4.78 is 0. The van der Waals surface area contributed by atoms with E-state index in [9.17, 15) is 4.79 Å². The highest BCUT2D eigenvalue weighted by atomic mass is 16.1. The van der Waals surface area contributed by atoms with Crippen LogP contribution in [0, 0.1) is 0 Å². The van der Waals surface area contributed by atoms with Gasteiger partial charge in [0.15, 0.2) is 0 Å². The quantitative estimate of drug-likeness (QED) is 0.198. The SMILES string of the molecule is CCCCCCCC/C=C\CCCCCCCC(=O)N[C@H](C)Cc1ccccc1. The predicted octanol–water partition coefficient (Wildman–Crippen LogP) is 7.77. The van der Waals surface area contributed by atoms with Crippen LogP contribution in [0.25, 0.3) is 0 Å². The first-order chi connectivity index (χ1) is 14.2. The second-order valence-electron chi connectivity index (χ2n) is 8.49. The molecule has 2 nitrogen and oxygen atoms in total. The van der Waals surface area contributed by atoms with Gasteiger partial charge < -0.3 is 5.32 Å². The Bertz CT molecular complexity index is 523. The molecule has 0 bridgehead atoms. The van der Waals surface area contributed by atoms with Gasteiger partial charge in [0.25, 0.3) is 0 Å². The molecular weight excluding hydrogens is 354 g/mol. The number of allylic oxidation sites excluding steroid dienone is 2. The van der Waals surface area contributed by atoms with Gasteiger partial charge in [0.05, 0.1) is 0 Å². The van der Waals surface area contributed by atoms with Crippen molar-refractivity contribution in [1.29, 1.82) is 0 Å². The van der Waals surface area contributed by atoms with Crippen molar-refractivity contribution < 1.29 is 4.79 Å². The average molecular weight is 400 g/mol. The highest BCUT2D eigenvalue weighted by Gasteiger charge is 2.07. The summed E-state index contributed by atoms with van der Waals surface area (Å²) in [6, 6.07) is 10.6. The van der Waals surface area contributed by atoms with Crippen LogP contribution in [-0.4, -0.2) is 11.9 Å². The first kappa shape index (κ1) is 25.5. The molecule has 0 aromatic heterocycles. The Morgan fingerprint density at radius 3 is 2.00 bits per heavy atom. The van der Waals surface area contributed by atoms with Gasteiger partial charge in [-0.15, -0.1) is 0 Å². The van der Waals surface area contributed by atoms with E-state index in [0.29, 0.717) is 6.42 Å². The number of hydrogen-bond acceptors (Lipinski definition) is 1. The highest BCUT2D eigenvalue weighted by Crippen LogP contribution is 2.10. The van der Waals surface area contributed by atoms with Crippen molar-refractivity contribution in [3.63, 3.8) is 0 Å². The summed E-state index contributed by atoms with van der Waals surface area (Å²) >= 11 is 0. The van der Waals surface area contributed by atoms with E-state index in [4.69, 9.17) is 0 Å². The number of carbonyl (C=O) groups excluding carboxylic acids is 1. The predicted molar refractivity (Wildman–Crippen MR) is 127 cm³/mol. The molecule has 164 valence electrons. The second kappa shape index (κ2) is 18.5. The van der Waals surface area contributed by atoms with Gasteiger partial charge in [0.1, 0.15) is 0 Å². The van der Waals surface area contributed by atoms with E-state index in [0.717, 1.165) is 12.8 Å². The lowest BCUT2D eigenvalue weighted by Crippen LogP contribution is -2.33. The van der Waals surface area contributed by atoms with Crippen molar-refractivity contribution in [2.24, 2.45) is 0 Å². The fraction of sp³-hybridized carbons (Fsp3) is 0.667. The summed E-state index contributed by atoms with van der Waals surface area (Å²) in [7, 11) is 0. The maximum atomic E-state index is 12.1. The largest absolute Gasteiger partial charge is 0.353 e. The molecule has 1 atom stereocenters. The monoisotopic (exact) mass is 399 g/mol. The lowest BCUT2D eigenvalue weighted by molar-refractivity contribution is -0.121. The van der Waals surface area contributed by atoms with Gasteiger partial charge in [0.2, 0.25) is 5.91 Å². The van der Waals surface area contributed by atoms with Gasteiger partial charge >= 0.3 is 0 Å². The number of carbonyl (C=O) groups is 1. The second-order valence-corrected chi connectivity index (χ2v) is 8.49. The normalized spacial score (nSPS) is 12.3. The third-order valence-corrected chi connectivity index (χ3v) is 5.46. The van der Waals surface area contributed by atoms with Gasteiger partial charge in [-0.05, 0) is 51.0 Å². The zero-order valence-corrected chi connectivity index (χ0v) is 19.1. The summed E-state index contributed by atoms with van der Waals surface area (Å²) in [6.07, 6.45) is 23.1. The topological polar surface area (TPSA) is 29.1 Å². The number of nitrogens with one attached hydrogen (secondary N) is 1. The van der Waals surface area contributed by atoms with E-state index in [1.165, 1.54) is 82.6 Å². The molecule has 1 amide bonds. The molecule has 1 N–H and O–H groups in total. The highest BCUT2D eigenvalue weighted by molar-refractivity contribution is 5.76. The summed E-state index contributed by atoms with van der Waals surface area (Å²) in [5, 5.41) is 3.13. The molecule has 0 aliphatic rings.